The van der Waals surface area contributed by atoms with Crippen molar-refractivity contribution in [2.24, 2.45) is 0 Å². The van der Waals surface area contributed by atoms with Gasteiger partial charge in [-0.3, -0.25) is 14.6 Å². The van der Waals surface area contributed by atoms with Crippen molar-refractivity contribution in [2.75, 3.05) is 10.6 Å². The van der Waals surface area contributed by atoms with Gasteiger partial charge in [0.1, 0.15) is 0 Å². The summed E-state index contributed by atoms with van der Waals surface area (Å²) < 4.78 is 0. The largest absolute Gasteiger partial charge is 0.322 e. The molecule has 26 heavy (non-hydrogen) atoms. The minimum atomic E-state index is -0.412. The predicted octanol–water partition coefficient (Wildman–Crippen LogP) is 4.89. The first-order chi connectivity index (χ1) is 12.5. The first-order valence-electron chi connectivity index (χ1n) is 7.61. The van der Waals surface area contributed by atoms with Crippen LogP contribution < -0.4 is 10.6 Å². The van der Waals surface area contributed by atoms with Crippen LogP contribution in [0.1, 0.15) is 20.7 Å². The molecule has 0 saturated heterocycles. The van der Waals surface area contributed by atoms with Crippen LogP contribution in [0, 0.1) is 0 Å². The zero-order chi connectivity index (χ0) is 18.5. The molecule has 7 heteroatoms. The maximum absolute atomic E-state index is 12.4. The van der Waals surface area contributed by atoms with E-state index < -0.39 is 5.91 Å². The summed E-state index contributed by atoms with van der Waals surface area (Å²) in [6.07, 6.45) is 2.78. The van der Waals surface area contributed by atoms with E-state index in [1.807, 2.05) is 18.2 Å². The Bertz CT molecular complexity index is 962. The van der Waals surface area contributed by atoms with E-state index in [0.29, 0.717) is 21.4 Å². The van der Waals surface area contributed by atoms with Crippen LogP contribution in [0.15, 0.2) is 67.0 Å². The van der Waals surface area contributed by atoms with E-state index in [4.69, 9.17) is 23.2 Å². The van der Waals surface area contributed by atoms with Crippen LogP contribution in [0.5, 0.6) is 0 Å². The molecule has 0 bridgehead atoms. The van der Waals surface area contributed by atoms with Gasteiger partial charge in [-0.2, -0.15) is 0 Å². The Morgan fingerprint density at radius 1 is 0.731 bits per heavy atom. The number of nitrogens with one attached hydrogen (secondary N) is 2. The number of hydrogen-bond acceptors (Lipinski definition) is 3. The lowest BCUT2D eigenvalue weighted by Gasteiger charge is -2.08. The summed E-state index contributed by atoms with van der Waals surface area (Å²) in [4.78, 5) is 28.7. The van der Waals surface area contributed by atoms with E-state index in [0.717, 1.165) is 0 Å². The van der Waals surface area contributed by atoms with Crippen molar-refractivity contribution in [2.45, 2.75) is 0 Å². The van der Waals surface area contributed by atoms with E-state index in [1.54, 1.807) is 30.3 Å². The number of pyridine rings is 1. The van der Waals surface area contributed by atoms with Gasteiger partial charge in [-0.15, -0.1) is 0 Å². The number of para-hydroxylation sites is 1. The van der Waals surface area contributed by atoms with Crippen LogP contribution in [0.4, 0.5) is 11.4 Å². The van der Waals surface area contributed by atoms with Gasteiger partial charge < -0.3 is 10.6 Å². The third kappa shape index (κ3) is 4.39. The number of aromatic nitrogens is 1. The van der Waals surface area contributed by atoms with Crippen LogP contribution >= 0.6 is 23.2 Å². The maximum Gasteiger partial charge on any atom is 0.257 e. The number of nitrogens with zero attached hydrogens (tertiary/aromatic N) is 1. The Morgan fingerprint density at radius 3 is 1.96 bits per heavy atom. The Kier molecular flexibility index (Phi) is 5.51. The fraction of sp³-hybridized carbons (Fsp3) is 0. The quantitative estimate of drug-likeness (QED) is 0.671. The topological polar surface area (TPSA) is 71.1 Å². The van der Waals surface area contributed by atoms with Gasteiger partial charge in [0.05, 0.1) is 21.2 Å². The summed E-state index contributed by atoms with van der Waals surface area (Å²) in [6, 6.07) is 15.2. The second kappa shape index (κ2) is 7.99. The van der Waals surface area contributed by atoms with Crippen molar-refractivity contribution in [1.82, 2.24) is 4.98 Å². The number of carbonyl (C=O) groups is 2. The van der Waals surface area contributed by atoms with Crippen LogP contribution in [-0.4, -0.2) is 16.8 Å². The fourth-order valence-corrected chi connectivity index (χ4v) is 2.49. The highest BCUT2D eigenvalue weighted by molar-refractivity contribution is 6.42. The van der Waals surface area contributed by atoms with Gasteiger partial charge in [-0.1, -0.05) is 41.4 Å². The summed E-state index contributed by atoms with van der Waals surface area (Å²) in [6.45, 7) is 0. The highest BCUT2D eigenvalue weighted by atomic mass is 35.5. The SMILES string of the molecule is O=C(Nc1ccccc1)c1cncc(C(=O)Nc2ccc(Cl)c(Cl)c2)c1. The van der Waals surface area contributed by atoms with E-state index in [2.05, 4.69) is 15.6 Å². The number of carbonyl (C=O) groups excluding carboxylic acids is 2. The molecule has 0 atom stereocenters. The van der Waals surface area contributed by atoms with Crippen LogP contribution in [-0.2, 0) is 0 Å². The Hall–Kier alpha value is -2.89. The molecule has 0 unspecified atom stereocenters. The summed E-state index contributed by atoms with van der Waals surface area (Å²) in [5, 5.41) is 6.16. The summed E-state index contributed by atoms with van der Waals surface area (Å²) in [5.74, 6) is -0.766. The monoisotopic (exact) mass is 385 g/mol. The van der Waals surface area contributed by atoms with Crippen LogP contribution in [0.3, 0.4) is 0 Å². The van der Waals surface area contributed by atoms with E-state index in [1.165, 1.54) is 18.5 Å². The molecular weight excluding hydrogens is 373 g/mol. The van der Waals surface area contributed by atoms with Gasteiger partial charge in [-0.05, 0) is 36.4 Å². The zero-order valence-electron chi connectivity index (χ0n) is 13.4. The van der Waals surface area contributed by atoms with Crippen molar-refractivity contribution in [1.29, 1.82) is 0 Å². The van der Waals surface area contributed by atoms with Crippen molar-refractivity contribution in [3.8, 4) is 0 Å². The number of benzene rings is 2. The number of halogens is 2. The number of hydrogen-bond donors (Lipinski definition) is 2. The minimum absolute atomic E-state index is 0.247. The fourth-order valence-electron chi connectivity index (χ4n) is 2.19. The average Bonchev–Trinajstić information content (AvgIpc) is 2.65. The third-order valence-electron chi connectivity index (χ3n) is 3.47. The molecule has 3 rings (SSSR count). The molecule has 1 aromatic heterocycles. The standard InChI is InChI=1S/C19H13Cl2N3O2/c20-16-7-6-15(9-17(16)21)24-19(26)13-8-12(10-22-11-13)18(25)23-14-4-2-1-3-5-14/h1-11H,(H,23,25)(H,24,26). The second-order valence-corrected chi connectivity index (χ2v) is 6.18. The molecule has 0 saturated carbocycles. The van der Waals surface area contributed by atoms with Crippen molar-refractivity contribution in [3.05, 3.63) is 88.2 Å². The first-order valence-corrected chi connectivity index (χ1v) is 8.36. The van der Waals surface area contributed by atoms with Crippen LogP contribution in [0.25, 0.3) is 0 Å². The molecule has 2 amide bonds. The summed E-state index contributed by atoms with van der Waals surface area (Å²) in [7, 11) is 0. The summed E-state index contributed by atoms with van der Waals surface area (Å²) >= 11 is 11.8. The van der Waals surface area contributed by atoms with Crippen molar-refractivity contribution in [3.63, 3.8) is 0 Å². The number of anilines is 2. The Morgan fingerprint density at radius 2 is 1.35 bits per heavy atom. The Balaban J connectivity index is 1.74. The second-order valence-electron chi connectivity index (χ2n) is 5.37. The lowest BCUT2D eigenvalue weighted by Crippen LogP contribution is -2.16. The average molecular weight is 386 g/mol. The highest BCUT2D eigenvalue weighted by Crippen LogP contribution is 2.25. The number of amides is 2. The molecule has 0 spiro atoms. The predicted molar refractivity (Wildman–Crippen MR) is 103 cm³/mol. The molecule has 2 N–H and O–H groups in total. The van der Waals surface area contributed by atoms with Gasteiger partial charge >= 0.3 is 0 Å². The molecule has 0 radical (unpaired) electrons. The summed E-state index contributed by atoms with van der Waals surface area (Å²) in [5.41, 5.74) is 1.67. The molecule has 5 nitrogen and oxygen atoms in total. The molecule has 0 aliphatic rings. The van der Waals surface area contributed by atoms with Gasteiger partial charge in [0.25, 0.3) is 11.8 Å². The number of rotatable bonds is 4. The molecular formula is C19H13Cl2N3O2. The van der Waals surface area contributed by atoms with Gasteiger partial charge in [0, 0.05) is 23.8 Å². The highest BCUT2D eigenvalue weighted by Gasteiger charge is 2.12. The zero-order valence-corrected chi connectivity index (χ0v) is 14.9. The first kappa shape index (κ1) is 17.9. The van der Waals surface area contributed by atoms with Gasteiger partial charge in [-0.25, -0.2) is 0 Å². The van der Waals surface area contributed by atoms with E-state index in [-0.39, 0.29) is 17.0 Å². The normalized spacial score (nSPS) is 10.2. The van der Waals surface area contributed by atoms with E-state index >= 15 is 0 Å². The molecule has 3 aromatic rings. The maximum atomic E-state index is 12.4. The lowest BCUT2D eigenvalue weighted by atomic mass is 10.1. The molecule has 2 aromatic carbocycles. The van der Waals surface area contributed by atoms with Gasteiger partial charge in [0.15, 0.2) is 0 Å². The lowest BCUT2D eigenvalue weighted by molar-refractivity contribution is 0.102. The van der Waals surface area contributed by atoms with Gasteiger partial charge in [0.2, 0.25) is 0 Å². The third-order valence-corrected chi connectivity index (χ3v) is 4.21. The molecule has 0 fully saturated rings. The Labute approximate surface area is 160 Å². The smallest absolute Gasteiger partial charge is 0.257 e. The van der Waals surface area contributed by atoms with Crippen molar-refractivity contribution >= 4 is 46.4 Å². The van der Waals surface area contributed by atoms with E-state index in [9.17, 15) is 9.59 Å². The van der Waals surface area contributed by atoms with Crippen LogP contribution in [0.2, 0.25) is 10.0 Å². The molecule has 1 heterocycles. The molecule has 130 valence electrons. The molecule has 0 aliphatic carbocycles. The minimum Gasteiger partial charge on any atom is -0.322 e. The molecule has 0 aliphatic heterocycles. The van der Waals surface area contributed by atoms with Crippen molar-refractivity contribution < 1.29 is 9.59 Å².